The summed E-state index contributed by atoms with van der Waals surface area (Å²) in [5.74, 6) is 0.609. The van der Waals surface area contributed by atoms with Crippen molar-refractivity contribution < 1.29 is 19.7 Å². The van der Waals surface area contributed by atoms with Crippen molar-refractivity contribution in [1.82, 2.24) is 9.80 Å². The van der Waals surface area contributed by atoms with Crippen LogP contribution in [0.15, 0.2) is 49.6 Å². The Hall–Kier alpha value is -2.64. The molecule has 2 heterocycles. The number of benzene rings is 2. The van der Waals surface area contributed by atoms with Gasteiger partial charge in [-0.3, -0.25) is 9.80 Å². The van der Waals surface area contributed by atoms with Gasteiger partial charge >= 0.3 is 0 Å². The highest BCUT2D eigenvalue weighted by atomic mass is 16.5. The molecule has 34 heavy (non-hydrogen) atoms. The van der Waals surface area contributed by atoms with Crippen LogP contribution >= 0.6 is 0 Å². The normalized spacial score (nSPS) is 17.5. The van der Waals surface area contributed by atoms with Crippen molar-refractivity contribution in [3.63, 3.8) is 0 Å². The lowest BCUT2D eigenvalue weighted by Gasteiger charge is -2.28. The molecule has 2 aromatic rings. The van der Waals surface area contributed by atoms with Crippen LogP contribution in [0, 0.1) is 0 Å². The van der Waals surface area contributed by atoms with Crippen LogP contribution in [0.1, 0.15) is 22.3 Å². The maximum atomic E-state index is 11.4. The average molecular weight is 465 g/mol. The summed E-state index contributed by atoms with van der Waals surface area (Å²) in [6, 6.07) is 8.12. The van der Waals surface area contributed by atoms with Gasteiger partial charge in [0.1, 0.15) is 11.5 Å². The van der Waals surface area contributed by atoms with E-state index >= 15 is 0 Å². The molecule has 0 amide bonds. The standard InChI is InChI=1S/C28H36N2O4/c1-3-5-21-15-24(19-29-7-11-33-12-8-29)28(32)26(16-21)23-17-22(6-4-2)27(31)25(18-23)20-30-9-13-34-14-10-30/h3-4,15-18,31-32H,1-2,5-14,19-20H2. The third kappa shape index (κ3) is 5.88. The van der Waals surface area contributed by atoms with E-state index in [1.165, 1.54) is 0 Å². The smallest absolute Gasteiger partial charge is 0.127 e. The second-order valence-corrected chi connectivity index (χ2v) is 9.06. The molecule has 0 radical (unpaired) electrons. The second kappa shape index (κ2) is 11.7. The third-order valence-corrected chi connectivity index (χ3v) is 6.57. The Morgan fingerprint density at radius 2 is 1.24 bits per heavy atom. The molecular weight excluding hydrogens is 428 g/mol. The molecule has 0 aliphatic carbocycles. The van der Waals surface area contributed by atoms with Gasteiger partial charge in [-0.05, 0) is 47.7 Å². The minimum absolute atomic E-state index is 0.298. The molecule has 0 spiro atoms. The SMILES string of the molecule is C=CCc1cc(CN2CCOCC2)c(O)c(-c2cc(CC=C)c(O)c(CN3CCOCC3)c2)c1. The Bertz CT molecular complexity index is 1010. The summed E-state index contributed by atoms with van der Waals surface area (Å²) >= 11 is 0. The number of nitrogens with zero attached hydrogens (tertiary/aromatic N) is 2. The number of hydrogen-bond donors (Lipinski definition) is 2. The molecule has 4 rings (SSSR count). The molecule has 6 heteroatoms. The number of phenols is 2. The average Bonchev–Trinajstić information content (AvgIpc) is 2.85. The first-order valence-corrected chi connectivity index (χ1v) is 12.1. The lowest BCUT2D eigenvalue weighted by atomic mass is 9.92. The van der Waals surface area contributed by atoms with Gasteiger partial charge in [0.25, 0.3) is 0 Å². The molecular formula is C28H36N2O4. The zero-order chi connectivity index (χ0) is 23.9. The lowest BCUT2D eigenvalue weighted by molar-refractivity contribution is 0.0338. The summed E-state index contributed by atoms with van der Waals surface area (Å²) in [4.78, 5) is 4.60. The van der Waals surface area contributed by atoms with E-state index in [1.807, 2.05) is 24.3 Å². The van der Waals surface area contributed by atoms with Gasteiger partial charge in [-0.2, -0.15) is 0 Å². The highest BCUT2D eigenvalue weighted by Crippen LogP contribution is 2.38. The van der Waals surface area contributed by atoms with E-state index in [2.05, 4.69) is 29.0 Å². The molecule has 2 aliphatic rings. The second-order valence-electron chi connectivity index (χ2n) is 9.06. The van der Waals surface area contributed by atoms with Gasteiger partial charge in [0.05, 0.1) is 26.4 Å². The van der Waals surface area contributed by atoms with Gasteiger partial charge in [-0.25, -0.2) is 0 Å². The zero-order valence-electron chi connectivity index (χ0n) is 20.0. The van der Waals surface area contributed by atoms with Crippen LogP contribution in [0.5, 0.6) is 11.5 Å². The number of ether oxygens (including phenoxy) is 2. The van der Waals surface area contributed by atoms with Crippen molar-refractivity contribution in [3.05, 3.63) is 71.8 Å². The zero-order valence-corrected chi connectivity index (χ0v) is 20.0. The molecule has 0 bridgehead atoms. The van der Waals surface area contributed by atoms with Crippen molar-refractivity contribution in [2.24, 2.45) is 0 Å². The van der Waals surface area contributed by atoms with Crippen LogP contribution < -0.4 is 0 Å². The number of aromatic hydroxyl groups is 2. The summed E-state index contributed by atoms with van der Waals surface area (Å²) in [5, 5.41) is 22.4. The van der Waals surface area contributed by atoms with Crippen LogP contribution in [-0.2, 0) is 35.4 Å². The first kappa shape index (κ1) is 24.5. The monoisotopic (exact) mass is 464 g/mol. The van der Waals surface area contributed by atoms with Gasteiger partial charge in [-0.1, -0.05) is 18.2 Å². The van der Waals surface area contributed by atoms with E-state index in [1.54, 1.807) is 6.08 Å². The molecule has 0 aromatic heterocycles. The minimum Gasteiger partial charge on any atom is -0.507 e. The van der Waals surface area contributed by atoms with Crippen molar-refractivity contribution in [3.8, 4) is 22.6 Å². The number of hydrogen-bond acceptors (Lipinski definition) is 6. The molecule has 0 atom stereocenters. The summed E-state index contributed by atoms with van der Waals surface area (Å²) in [5.41, 5.74) is 5.39. The Balaban J connectivity index is 1.74. The van der Waals surface area contributed by atoms with Crippen molar-refractivity contribution in [1.29, 1.82) is 0 Å². The number of morpholine rings is 2. The minimum atomic E-state index is 0.298. The summed E-state index contributed by atoms with van der Waals surface area (Å²) < 4.78 is 11.0. The van der Waals surface area contributed by atoms with E-state index in [4.69, 9.17) is 9.47 Å². The fourth-order valence-electron chi connectivity index (χ4n) is 4.73. The van der Waals surface area contributed by atoms with Crippen molar-refractivity contribution >= 4 is 0 Å². The van der Waals surface area contributed by atoms with E-state index in [-0.39, 0.29) is 0 Å². The maximum Gasteiger partial charge on any atom is 0.127 e. The molecule has 2 fully saturated rings. The molecule has 2 aromatic carbocycles. The van der Waals surface area contributed by atoms with Crippen molar-refractivity contribution in [2.75, 3.05) is 52.6 Å². The molecule has 6 nitrogen and oxygen atoms in total. The Morgan fingerprint density at radius 3 is 1.79 bits per heavy atom. The first-order chi connectivity index (χ1) is 16.6. The molecule has 2 aliphatic heterocycles. The molecule has 0 unspecified atom stereocenters. The molecule has 0 saturated carbocycles. The molecule has 2 saturated heterocycles. The van der Waals surface area contributed by atoms with Gasteiger partial charge in [0.2, 0.25) is 0 Å². The third-order valence-electron chi connectivity index (χ3n) is 6.57. The van der Waals surface area contributed by atoms with Crippen LogP contribution in [0.4, 0.5) is 0 Å². The lowest BCUT2D eigenvalue weighted by Crippen LogP contribution is -2.35. The van der Waals surface area contributed by atoms with Gasteiger partial charge < -0.3 is 19.7 Å². The number of rotatable bonds is 9. The summed E-state index contributed by atoms with van der Waals surface area (Å²) in [6.07, 6.45) is 4.97. The van der Waals surface area contributed by atoms with Crippen LogP contribution in [0.25, 0.3) is 11.1 Å². The Labute approximate surface area is 202 Å². The van der Waals surface area contributed by atoms with E-state index in [9.17, 15) is 10.2 Å². The highest BCUT2D eigenvalue weighted by molar-refractivity contribution is 5.75. The van der Waals surface area contributed by atoms with Crippen LogP contribution in [0.3, 0.4) is 0 Å². The summed E-state index contributed by atoms with van der Waals surface area (Å²) in [6.45, 7) is 15.3. The van der Waals surface area contributed by atoms with Crippen molar-refractivity contribution in [2.45, 2.75) is 25.9 Å². The van der Waals surface area contributed by atoms with Crippen LogP contribution in [0.2, 0.25) is 0 Å². The van der Waals surface area contributed by atoms with Gasteiger partial charge in [0, 0.05) is 56.0 Å². The van der Waals surface area contributed by atoms with Crippen LogP contribution in [-0.4, -0.2) is 72.6 Å². The quantitative estimate of drug-likeness (QED) is 0.549. The van der Waals surface area contributed by atoms with E-state index < -0.39 is 0 Å². The Morgan fingerprint density at radius 1 is 0.706 bits per heavy atom. The predicted octanol–water partition coefficient (Wildman–Crippen LogP) is 3.89. The summed E-state index contributed by atoms with van der Waals surface area (Å²) in [7, 11) is 0. The van der Waals surface area contributed by atoms with E-state index in [0.29, 0.717) is 57.4 Å². The fourth-order valence-corrected chi connectivity index (χ4v) is 4.73. The number of allylic oxidation sites excluding steroid dienone is 2. The number of phenolic OH excluding ortho intramolecular Hbond substituents is 2. The largest absolute Gasteiger partial charge is 0.507 e. The first-order valence-electron chi connectivity index (χ1n) is 12.1. The Kier molecular flexibility index (Phi) is 8.40. The van der Waals surface area contributed by atoms with Gasteiger partial charge in [-0.15, -0.1) is 13.2 Å². The predicted molar refractivity (Wildman–Crippen MR) is 135 cm³/mol. The topological polar surface area (TPSA) is 65.4 Å². The molecule has 182 valence electrons. The molecule has 2 N–H and O–H groups in total. The highest BCUT2D eigenvalue weighted by Gasteiger charge is 2.20. The van der Waals surface area contributed by atoms with Gasteiger partial charge in [0.15, 0.2) is 0 Å². The van der Waals surface area contributed by atoms with E-state index in [0.717, 1.165) is 66.0 Å². The maximum absolute atomic E-state index is 11.4. The fraction of sp³-hybridized carbons (Fsp3) is 0.429.